The van der Waals surface area contributed by atoms with Crippen molar-refractivity contribution in [2.75, 3.05) is 6.54 Å². The second kappa shape index (κ2) is 5.67. The number of nitrogens with zero attached hydrogens (tertiary/aromatic N) is 1. The third-order valence-electron chi connectivity index (χ3n) is 2.91. The second-order valence-corrected chi connectivity index (χ2v) is 5.34. The molecule has 0 spiro atoms. The summed E-state index contributed by atoms with van der Waals surface area (Å²) >= 11 is 3.53. The van der Waals surface area contributed by atoms with Gasteiger partial charge >= 0.3 is 0 Å². The number of aryl methyl sites for hydroxylation is 2. The highest BCUT2D eigenvalue weighted by molar-refractivity contribution is 9.10. The molecule has 19 heavy (non-hydrogen) atoms. The van der Waals surface area contributed by atoms with Crippen molar-refractivity contribution < 1.29 is 0 Å². The van der Waals surface area contributed by atoms with Gasteiger partial charge in [0.15, 0.2) is 0 Å². The molecule has 2 aromatic rings. The summed E-state index contributed by atoms with van der Waals surface area (Å²) in [6.07, 6.45) is 0.603. The Bertz CT molecular complexity index is 641. The number of hydrogen-bond donors (Lipinski definition) is 2. The minimum Gasteiger partial charge on any atom is -0.330 e. The zero-order valence-corrected chi connectivity index (χ0v) is 12.5. The summed E-state index contributed by atoms with van der Waals surface area (Å²) < 4.78 is 1.08. The van der Waals surface area contributed by atoms with Gasteiger partial charge in [-0.1, -0.05) is 15.9 Å². The number of rotatable bonds is 3. The molecule has 0 saturated heterocycles. The Morgan fingerprint density at radius 2 is 1.89 bits per heavy atom. The van der Waals surface area contributed by atoms with E-state index in [1.807, 2.05) is 26.0 Å². The van der Waals surface area contributed by atoms with Gasteiger partial charge in [-0.15, -0.1) is 0 Å². The molecule has 0 fully saturated rings. The Hall–Kier alpha value is -1.46. The van der Waals surface area contributed by atoms with Crippen molar-refractivity contribution in [3.05, 3.63) is 49.8 Å². The highest BCUT2D eigenvalue weighted by atomic mass is 79.9. The summed E-state index contributed by atoms with van der Waals surface area (Å²) in [5.41, 5.74) is 9.22. The van der Waals surface area contributed by atoms with Gasteiger partial charge in [-0.2, -0.15) is 0 Å². The molecule has 1 aromatic carbocycles. The Balaban J connectivity index is 2.55. The maximum atomic E-state index is 11.7. The number of halogens is 1. The molecule has 0 aliphatic carbocycles. The van der Waals surface area contributed by atoms with Crippen molar-refractivity contribution in [2.45, 2.75) is 20.3 Å². The number of hydrogen-bond acceptors (Lipinski definition) is 3. The molecule has 1 heterocycles. The Morgan fingerprint density at radius 1 is 1.26 bits per heavy atom. The number of H-pyrrole nitrogens is 1. The summed E-state index contributed by atoms with van der Waals surface area (Å²) in [5, 5.41) is 0. The predicted molar refractivity (Wildman–Crippen MR) is 80.2 cm³/mol. The van der Waals surface area contributed by atoms with Crippen LogP contribution in [0.5, 0.6) is 0 Å². The van der Waals surface area contributed by atoms with Crippen molar-refractivity contribution in [3.63, 3.8) is 0 Å². The van der Waals surface area contributed by atoms with Crippen LogP contribution in [0.25, 0.3) is 11.4 Å². The van der Waals surface area contributed by atoms with Crippen LogP contribution in [0, 0.1) is 13.8 Å². The van der Waals surface area contributed by atoms with E-state index in [1.165, 1.54) is 6.07 Å². The van der Waals surface area contributed by atoms with E-state index in [0.717, 1.165) is 26.9 Å². The lowest BCUT2D eigenvalue weighted by Gasteiger charge is -2.08. The molecule has 0 aliphatic rings. The van der Waals surface area contributed by atoms with Gasteiger partial charge in [0, 0.05) is 28.2 Å². The molecular formula is C14H16BrN3O. The van der Waals surface area contributed by atoms with E-state index in [4.69, 9.17) is 5.73 Å². The van der Waals surface area contributed by atoms with Crippen LogP contribution < -0.4 is 11.3 Å². The predicted octanol–water partition coefficient (Wildman–Crippen LogP) is 2.32. The summed E-state index contributed by atoms with van der Waals surface area (Å²) in [5.74, 6) is 0.592. The van der Waals surface area contributed by atoms with E-state index >= 15 is 0 Å². The fourth-order valence-corrected chi connectivity index (χ4v) is 2.23. The van der Waals surface area contributed by atoms with Crippen molar-refractivity contribution in [3.8, 4) is 11.4 Å². The third-order valence-corrected chi connectivity index (χ3v) is 4.16. The zero-order valence-electron chi connectivity index (χ0n) is 11.0. The van der Waals surface area contributed by atoms with Gasteiger partial charge in [0.05, 0.1) is 0 Å². The minimum absolute atomic E-state index is 0.147. The van der Waals surface area contributed by atoms with Crippen LogP contribution in [0.1, 0.15) is 16.8 Å². The first-order valence-corrected chi connectivity index (χ1v) is 6.88. The topological polar surface area (TPSA) is 71.8 Å². The lowest BCUT2D eigenvalue weighted by atomic mass is 10.1. The van der Waals surface area contributed by atoms with Crippen LogP contribution in [-0.2, 0) is 6.42 Å². The number of nitrogens with two attached hydrogens (primary N) is 1. The van der Waals surface area contributed by atoms with Gasteiger partial charge in [0.1, 0.15) is 5.82 Å². The largest absolute Gasteiger partial charge is 0.330 e. The highest BCUT2D eigenvalue weighted by Crippen LogP contribution is 2.26. The average Bonchev–Trinajstić information content (AvgIpc) is 2.35. The highest BCUT2D eigenvalue weighted by Gasteiger charge is 2.08. The van der Waals surface area contributed by atoms with E-state index in [0.29, 0.717) is 18.8 Å². The lowest BCUT2D eigenvalue weighted by Crippen LogP contribution is -2.13. The first kappa shape index (κ1) is 14.0. The maximum absolute atomic E-state index is 11.7. The zero-order chi connectivity index (χ0) is 14.0. The standard InChI is InChI=1S/C14H16BrN3O/c1-8-5-10(6-9(2)13(8)15)14-17-11(3-4-16)7-12(19)18-14/h5-7H,3-4,16H2,1-2H3,(H,17,18,19). The van der Waals surface area contributed by atoms with Crippen LogP contribution in [0.3, 0.4) is 0 Å². The fourth-order valence-electron chi connectivity index (χ4n) is 2.00. The number of nitrogens with one attached hydrogen (secondary N) is 1. The number of aromatic nitrogens is 2. The lowest BCUT2D eigenvalue weighted by molar-refractivity contribution is 0.905. The van der Waals surface area contributed by atoms with Crippen LogP contribution in [-0.4, -0.2) is 16.5 Å². The van der Waals surface area contributed by atoms with Crippen molar-refractivity contribution in [1.29, 1.82) is 0 Å². The molecule has 2 rings (SSSR count). The van der Waals surface area contributed by atoms with Crippen LogP contribution in [0.4, 0.5) is 0 Å². The van der Waals surface area contributed by atoms with E-state index in [9.17, 15) is 4.79 Å². The summed E-state index contributed by atoms with van der Waals surface area (Å²) in [4.78, 5) is 18.9. The van der Waals surface area contributed by atoms with E-state index in [-0.39, 0.29) is 5.56 Å². The molecule has 0 radical (unpaired) electrons. The SMILES string of the molecule is Cc1cc(-c2nc(CCN)cc(=O)[nH]2)cc(C)c1Br. The van der Waals surface area contributed by atoms with Crippen LogP contribution >= 0.6 is 15.9 Å². The second-order valence-electron chi connectivity index (χ2n) is 4.55. The Morgan fingerprint density at radius 3 is 2.47 bits per heavy atom. The van der Waals surface area contributed by atoms with Gasteiger partial charge < -0.3 is 10.7 Å². The molecule has 0 unspecified atom stereocenters. The third kappa shape index (κ3) is 3.11. The maximum Gasteiger partial charge on any atom is 0.251 e. The normalized spacial score (nSPS) is 10.7. The number of benzene rings is 1. The molecule has 0 saturated carbocycles. The molecule has 100 valence electrons. The molecule has 0 aliphatic heterocycles. The molecular weight excluding hydrogens is 306 g/mol. The van der Waals surface area contributed by atoms with E-state index in [1.54, 1.807) is 0 Å². The van der Waals surface area contributed by atoms with Crippen LogP contribution in [0.15, 0.2) is 27.5 Å². The quantitative estimate of drug-likeness (QED) is 0.911. The molecule has 4 nitrogen and oxygen atoms in total. The monoisotopic (exact) mass is 321 g/mol. The average molecular weight is 322 g/mol. The van der Waals surface area contributed by atoms with Gasteiger partial charge in [-0.05, 0) is 43.7 Å². The van der Waals surface area contributed by atoms with E-state index in [2.05, 4.69) is 25.9 Å². The Kier molecular flexibility index (Phi) is 4.17. The summed E-state index contributed by atoms with van der Waals surface area (Å²) in [6.45, 7) is 4.51. The van der Waals surface area contributed by atoms with Gasteiger partial charge in [-0.25, -0.2) is 4.98 Å². The molecule has 0 bridgehead atoms. The molecule has 3 N–H and O–H groups in total. The smallest absolute Gasteiger partial charge is 0.251 e. The molecule has 0 atom stereocenters. The van der Waals surface area contributed by atoms with Crippen molar-refractivity contribution in [2.24, 2.45) is 5.73 Å². The summed E-state index contributed by atoms with van der Waals surface area (Å²) in [7, 11) is 0. The molecule has 5 heteroatoms. The summed E-state index contributed by atoms with van der Waals surface area (Å²) in [6, 6.07) is 5.50. The molecule has 0 amide bonds. The fraction of sp³-hybridized carbons (Fsp3) is 0.286. The molecule has 1 aromatic heterocycles. The van der Waals surface area contributed by atoms with Gasteiger partial charge in [0.25, 0.3) is 5.56 Å². The Labute approximate surface area is 120 Å². The number of aromatic amines is 1. The minimum atomic E-state index is -0.147. The van der Waals surface area contributed by atoms with E-state index < -0.39 is 0 Å². The van der Waals surface area contributed by atoms with Crippen LogP contribution in [0.2, 0.25) is 0 Å². The van der Waals surface area contributed by atoms with Gasteiger partial charge in [0.2, 0.25) is 0 Å². The van der Waals surface area contributed by atoms with Crippen molar-refractivity contribution in [1.82, 2.24) is 9.97 Å². The van der Waals surface area contributed by atoms with Crippen molar-refractivity contribution >= 4 is 15.9 Å². The first-order valence-electron chi connectivity index (χ1n) is 6.08. The first-order chi connectivity index (χ1) is 9.01. The van der Waals surface area contributed by atoms with Gasteiger partial charge in [-0.3, -0.25) is 4.79 Å².